The third-order valence-corrected chi connectivity index (χ3v) is 4.13. The molecular weight excluding hydrogens is 360 g/mol. The molecule has 0 spiro atoms. The van der Waals surface area contributed by atoms with E-state index in [1.54, 1.807) is 30.1 Å². The fourth-order valence-corrected chi connectivity index (χ4v) is 2.78. The molecular formula is C16H15BrN4O2. The van der Waals surface area contributed by atoms with Crippen LogP contribution in [-0.4, -0.2) is 25.3 Å². The zero-order valence-corrected chi connectivity index (χ0v) is 14.5. The van der Waals surface area contributed by atoms with Crippen molar-refractivity contribution >= 4 is 21.9 Å². The number of hydrogen-bond acceptors (Lipinski definition) is 4. The molecule has 0 N–H and O–H groups in total. The Morgan fingerprint density at radius 3 is 2.57 bits per heavy atom. The lowest BCUT2D eigenvalue weighted by molar-refractivity contribution is 0.0732. The van der Waals surface area contributed by atoms with E-state index < -0.39 is 5.97 Å². The summed E-state index contributed by atoms with van der Waals surface area (Å²) in [6.07, 6.45) is 3.13. The predicted octanol–water partition coefficient (Wildman–Crippen LogP) is 3.20. The molecule has 0 saturated heterocycles. The Morgan fingerprint density at radius 1 is 1.22 bits per heavy atom. The summed E-state index contributed by atoms with van der Waals surface area (Å²) in [5.41, 5.74) is 2.43. The zero-order chi connectivity index (χ0) is 16.6. The Morgan fingerprint density at radius 2 is 1.91 bits per heavy atom. The van der Waals surface area contributed by atoms with Crippen molar-refractivity contribution in [3.05, 3.63) is 58.2 Å². The smallest absolute Gasteiger partial charge is 0.349 e. The van der Waals surface area contributed by atoms with Crippen molar-refractivity contribution in [2.45, 2.75) is 13.8 Å². The first-order chi connectivity index (χ1) is 11.0. The number of aryl methyl sites for hydroxylation is 3. The molecule has 3 rings (SSSR count). The summed E-state index contributed by atoms with van der Waals surface area (Å²) in [7, 11) is 1.80. The van der Waals surface area contributed by atoms with Crippen molar-refractivity contribution in [3.8, 4) is 11.6 Å². The molecule has 3 aromatic rings. The van der Waals surface area contributed by atoms with E-state index in [0.717, 1.165) is 11.4 Å². The van der Waals surface area contributed by atoms with Crippen LogP contribution in [0.2, 0.25) is 0 Å². The summed E-state index contributed by atoms with van der Waals surface area (Å²) in [5.74, 6) is 0.567. The van der Waals surface area contributed by atoms with Gasteiger partial charge in [0.15, 0.2) is 5.75 Å². The number of hydrogen-bond donors (Lipinski definition) is 0. The quantitative estimate of drug-likeness (QED) is 0.521. The fourth-order valence-electron chi connectivity index (χ4n) is 2.45. The monoisotopic (exact) mass is 374 g/mol. The molecule has 0 unspecified atom stereocenters. The Labute approximate surface area is 141 Å². The van der Waals surface area contributed by atoms with Gasteiger partial charge in [-0.15, -0.1) is 0 Å². The second kappa shape index (κ2) is 6.00. The number of halogens is 1. The van der Waals surface area contributed by atoms with E-state index in [-0.39, 0.29) is 0 Å². The molecule has 23 heavy (non-hydrogen) atoms. The number of ether oxygens (including phenoxy) is 1. The number of pyridine rings is 1. The number of aromatic nitrogens is 4. The number of rotatable bonds is 3. The Balaban J connectivity index is 2.02. The van der Waals surface area contributed by atoms with Crippen LogP contribution >= 0.6 is 15.9 Å². The van der Waals surface area contributed by atoms with Gasteiger partial charge < -0.3 is 9.30 Å². The van der Waals surface area contributed by atoms with E-state index in [2.05, 4.69) is 26.0 Å². The summed E-state index contributed by atoms with van der Waals surface area (Å²) in [6, 6.07) is 7.37. The van der Waals surface area contributed by atoms with Crippen LogP contribution in [0, 0.1) is 13.8 Å². The largest absolute Gasteiger partial charge is 0.420 e. The molecule has 0 aromatic carbocycles. The van der Waals surface area contributed by atoms with Crippen LogP contribution in [0.4, 0.5) is 0 Å². The highest BCUT2D eigenvalue weighted by Gasteiger charge is 2.22. The molecule has 0 aliphatic heterocycles. The van der Waals surface area contributed by atoms with Crippen molar-refractivity contribution in [2.75, 3.05) is 0 Å². The van der Waals surface area contributed by atoms with Gasteiger partial charge in [0, 0.05) is 24.6 Å². The van der Waals surface area contributed by atoms with Crippen molar-refractivity contribution in [1.29, 1.82) is 0 Å². The maximum Gasteiger partial charge on any atom is 0.349 e. The molecule has 3 aromatic heterocycles. The Hall–Kier alpha value is -2.41. The number of nitrogens with zero attached hydrogens (tertiary/aromatic N) is 4. The lowest BCUT2D eigenvalue weighted by Crippen LogP contribution is -2.15. The second-order valence-electron chi connectivity index (χ2n) is 5.14. The molecule has 0 aliphatic carbocycles. The minimum absolute atomic E-state index is 0.369. The summed E-state index contributed by atoms with van der Waals surface area (Å²) in [5, 5.41) is 4.21. The molecule has 0 saturated carbocycles. The van der Waals surface area contributed by atoms with Crippen molar-refractivity contribution in [3.63, 3.8) is 0 Å². The van der Waals surface area contributed by atoms with E-state index >= 15 is 0 Å². The molecule has 118 valence electrons. The fraction of sp³-hybridized carbons (Fsp3) is 0.188. The minimum Gasteiger partial charge on any atom is -0.420 e. The average molecular weight is 375 g/mol. The molecule has 7 heteroatoms. The summed E-state index contributed by atoms with van der Waals surface area (Å²) < 4.78 is 9.56. The third kappa shape index (κ3) is 2.79. The van der Waals surface area contributed by atoms with Crippen LogP contribution < -0.4 is 4.74 Å². The van der Waals surface area contributed by atoms with Gasteiger partial charge in [-0.2, -0.15) is 5.10 Å². The lowest BCUT2D eigenvalue weighted by atomic mass is 10.3. The van der Waals surface area contributed by atoms with Gasteiger partial charge in [-0.1, -0.05) is 0 Å². The van der Waals surface area contributed by atoms with Gasteiger partial charge in [0.2, 0.25) is 0 Å². The van der Waals surface area contributed by atoms with Crippen LogP contribution in [0.25, 0.3) is 5.82 Å². The van der Waals surface area contributed by atoms with Crippen LogP contribution in [0.15, 0.2) is 41.3 Å². The van der Waals surface area contributed by atoms with Crippen LogP contribution in [0.3, 0.4) is 0 Å². The van der Waals surface area contributed by atoms with Crippen molar-refractivity contribution < 1.29 is 9.53 Å². The lowest BCUT2D eigenvalue weighted by Gasteiger charge is -2.12. The highest BCUT2D eigenvalue weighted by molar-refractivity contribution is 9.10. The Kier molecular flexibility index (Phi) is 4.04. The third-order valence-electron chi connectivity index (χ3n) is 3.54. The maximum atomic E-state index is 12.6. The first kappa shape index (κ1) is 15.5. The Bertz CT molecular complexity index is 863. The number of esters is 1. The normalized spacial score (nSPS) is 10.8. The molecule has 6 nitrogen and oxygen atoms in total. The SMILES string of the molecule is Cc1ccc(C)n1-c1c(C(=O)Oc2cccnc2Br)cnn1C. The first-order valence-corrected chi connectivity index (χ1v) is 7.78. The minimum atomic E-state index is -0.477. The molecule has 3 heterocycles. The standard InChI is InChI=1S/C16H15BrN4O2/c1-10-6-7-11(2)21(10)15-12(9-19-20(15)3)16(22)23-13-5-4-8-18-14(13)17/h4-9H,1-3H3. The van der Waals surface area contributed by atoms with Gasteiger partial charge >= 0.3 is 5.97 Å². The predicted molar refractivity (Wildman–Crippen MR) is 88.9 cm³/mol. The summed E-state index contributed by atoms with van der Waals surface area (Å²) in [6.45, 7) is 3.96. The molecule has 0 radical (unpaired) electrons. The van der Waals surface area contributed by atoms with Crippen LogP contribution in [0.1, 0.15) is 21.7 Å². The molecule has 0 fully saturated rings. The number of carbonyl (C=O) groups is 1. The van der Waals surface area contributed by atoms with Crippen LogP contribution in [-0.2, 0) is 7.05 Å². The molecule has 0 atom stereocenters. The van der Waals surface area contributed by atoms with E-state index in [4.69, 9.17) is 4.74 Å². The maximum absolute atomic E-state index is 12.6. The van der Waals surface area contributed by atoms with E-state index in [9.17, 15) is 4.79 Å². The first-order valence-electron chi connectivity index (χ1n) is 6.99. The van der Waals surface area contributed by atoms with Gasteiger partial charge in [0.05, 0.1) is 6.20 Å². The van der Waals surface area contributed by atoms with E-state index in [1.165, 1.54) is 6.20 Å². The summed E-state index contributed by atoms with van der Waals surface area (Å²) >= 11 is 3.27. The van der Waals surface area contributed by atoms with Gasteiger partial charge in [0.25, 0.3) is 0 Å². The van der Waals surface area contributed by atoms with Gasteiger partial charge in [-0.3, -0.25) is 4.68 Å². The van der Waals surface area contributed by atoms with Gasteiger partial charge in [-0.25, -0.2) is 9.78 Å². The van der Waals surface area contributed by atoms with Gasteiger partial charge in [-0.05, 0) is 54.0 Å². The highest BCUT2D eigenvalue weighted by Crippen LogP contribution is 2.25. The topological polar surface area (TPSA) is 61.9 Å². The molecule has 0 aliphatic rings. The molecule has 0 amide bonds. The van der Waals surface area contributed by atoms with Gasteiger partial charge in [0.1, 0.15) is 16.0 Å². The molecule has 0 bridgehead atoms. The second-order valence-corrected chi connectivity index (χ2v) is 5.89. The summed E-state index contributed by atoms with van der Waals surface area (Å²) in [4.78, 5) is 16.6. The zero-order valence-electron chi connectivity index (χ0n) is 12.9. The van der Waals surface area contributed by atoms with Crippen LogP contribution in [0.5, 0.6) is 5.75 Å². The van der Waals surface area contributed by atoms with Crippen molar-refractivity contribution in [1.82, 2.24) is 19.3 Å². The van der Waals surface area contributed by atoms with E-state index in [1.807, 2.05) is 30.5 Å². The van der Waals surface area contributed by atoms with E-state index in [0.29, 0.717) is 21.7 Å². The highest BCUT2D eigenvalue weighted by atomic mass is 79.9. The number of carbonyl (C=O) groups excluding carboxylic acids is 1. The average Bonchev–Trinajstić information content (AvgIpc) is 3.04. The van der Waals surface area contributed by atoms with Crippen molar-refractivity contribution in [2.24, 2.45) is 7.05 Å².